The SMILES string of the molecule is NCCNCCN.O=C(O)CN1CCCN(CC(=O)O)CCN(CC(=O)O)CCCN(CC(=O)O)CC1. The van der Waals surface area contributed by atoms with Gasteiger partial charge in [-0.25, -0.2) is 0 Å². The highest BCUT2D eigenvalue weighted by Crippen LogP contribution is 2.03. The van der Waals surface area contributed by atoms with Gasteiger partial charge in [0.2, 0.25) is 0 Å². The molecule has 1 heterocycles. The van der Waals surface area contributed by atoms with Crippen LogP contribution in [0.25, 0.3) is 0 Å². The highest BCUT2D eigenvalue weighted by Gasteiger charge is 2.19. The van der Waals surface area contributed by atoms with Crippen LogP contribution >= 0.6 is 0 Å². The molecule has 1 aliphatic heterocycles. The normalized spacial score (nSPS) is 17.8. The van der Waals surface area contributed by atoms with Crippen molar-refractivity contribution in [1.29, 1.82) is 0 Å². The lowest BCUT2D eigenvalue weighted by Crippen LogP contribution is -2.44. The lowest BCUT2D eigenvalue weighted by molar-refractivity contribution is -0.140. The smallest absolute Gasteiger partial charge is 0.317 e. The molecule has 37 heavy (non-hydrogen) atoms. The number of hydrogen-bond donors (Lipinski definition) is 7. The minimum absolute atomic E-state index is 0.174. The van der Waals surface area contributed by atoms with Gasteiger partial charge in [0.1, 0.15) is 0 Å². The van der Waals surface area contributed by atoms with Gasteiger partial charge < -0.3 is 37.2 Å². The van der Waals surface area contributed by atoms with Crippen LogP contribution in [-0.2, 0) is 19.2 Å². The zero-order chi connectivity index (χ0) is 28.1. The number of aliphatic carboxylic acids is 4. The van der Waals surface area contributed by atoms with E-state index in [1.165, 1.54) is 0 Å². The summed E-state index contributed by atoms with van der Waals surface area (Å²) in [6, 6.07) is 0. The molecule has 0 radical (unpaired) electrons. The Morgan fingerprint density at radius 2 is 0.757 bits per heavy atom. The third kappa shape index (κ3) is 21.4. The van der Waals surface area contributed by atoms with Gasteiger partial charge in [-0.2, -0.15) is 0 Å². The first-order valence-electron chi connectivity index (χ1n) is 12.4. The molecule has 15 heteroatoms. The van der Waals surface area contributed by atoms with Crippen molar-refractivity contribution in [2.45, 2.75) is 12.8 Å². The van der Waals surface area contributed by atoms with E-state index in [0.717, 1.165) is 13.1 Å². The summed E-state index contributed by atoms with van der Waals surface area (Å²) in [5, 5.41) is 39.6. The van der Waals surface area contributed by atoms with Crippen molar-refractivity contribution in [3.8, 4) is 0 Å². The van der Waals surface area contributed by atoms with Crippen LogP contribution < -0.4 is 16.8 Å². The molecule has 0 atom stereocenters. The summed E-state index contributed by atoms with van der Waals surface area (Å²) in [7, 11) is 0. The van der Waals surface area contributed by atoms with Crippen LogP contribution in [0.2, 0.25) is 0 Å². The Hall–Kier alpha value is -2.40. The Balaban J connectivity index is 0.00000161. The first-order chi connectivity index (χ1) is 17.6. The highest BCUT2D eigenvalue weighted by molar-refractivity contribution is 5.70. The monoisotopic (exact) mass is 535 g/mol. The van der Waals surface area contributed by atoms with Gasteiger partial charge in [0, 0.05) is 78.5 Å². The van der Waals surface area contributed by atoms with Crippen LogP contribution in [0, 0.1) is 0 Å². The molecule has 0 spiro atoms. The summed E-state index contributed by atoms with van der Waals surface area (Å²) in [4.78, 5) is 51.5. The molecule has 0 bridgehead atoms. The molecule has 0 aromatic heterocycles. The average molecular weight is 536 g/mol. The molecule has 15 nitrogen and oxygen atoms in total. The van der Waals surface area contributed by atoms with Gasteiger partial charge >= 0.3 is 23.9 Å². The standard InChI is InChI=1S/C18H32N4O8.C4H13N3/c23-15(24)11-19-3-1-4-20(12-16(25)26)8-10-22(14-18(29)30)6-2-5-21(9-7-19)13-17(27)28;5-1-3-7-4-2-6/h1-14H2,(H,23,24)(H,25,26)(H,27,28)(H,29,30);7H,1-6H2. The second-order valence-corrected chi connectivity index (χ2v) is 8.71. The van der Waals surface area contributed by atoms with E-state index < -0.39 is 23.9 Å². The van der Waals surface area contributed by atoms with Crippen LogP contribution in [0.4, 0.5) is 0 Å². The van der Waals surface area contributed by atoms with Gasteiger partial charge in [-0.05, 0) is 12.8 Å². The molecular weight excluding hydrogens is 490 g/mol. The second-order valence-electron chi connectivity index (χ2n) is 8.71. The first kappa shape index (κ1) is 34.6. The Bertz CT molecular complexity index is 569. The lowest BCUT2D eigenvalue weighted by Gasteiger charge is -2.30. The van der Waals surface area contributed by atoms with E-state index in [2.05, 4.69) is 5.32 Å². The van der Waals surface area contributed by atoms with Crippen molar-refractivity contribution in [3.63, 3.8) is 0 Å². The fourth-order valence-electron chi connectivity index (χ4n) is 3.78. The fourth-order valence-corrected chi connectivity index (χ4v) is 3.78. The van der Waals surface area contributed by atoms with E-state index in [1.807, 2.05) is 0 Å². The number of rotatable bonds is 12. The predicted octanol–water partition coefficient (Wildman–Crippen LogP) is -3.18. The number of carboxylic acids is 4. The van der Waals surface area contributed by atoms with E-state index in [1.54, 1.807) is 19.6 Å². The zero-order valence-corrected chi connectivity index (χ0v) is 21.6. The second kappa shape index (κ2) is 21.7. The first-order valence-corrected chi connectivity index (χ1v) is 12.4. The third-order valence-corrected chi connectivity index (χ3v) is 5.44. The van der Waals surface area contributed by atoms with Gasteiger partial charge in [-0.15, -0.1) is 0 Å². The number of nitrogens with two attached hydrogens (primary N) is 2. The summed E-state index contributed by atoms with van der Waals surface area (Å²) in [6.07, 6.45) is 1.08. The summed E-state index contributed by atoms with van der Waals surface area (Å²) < 4.78 is 0. The molecule has 216 valence electrons. The number of nitrogens with one attached hydrogen (secondary N) is 1. The highest BCUT2D eigenvalue weighted by atomic mass is 16.4. The van der Waals surface area contributed by atoms with Crippen molar-refractivity contribution in [2.75, 3.05) is 105 Å². The van der Waals surface area contributed by atoms with Crippen LogP contribution in [0.3, 0.4) is 0 Å². The van der Waals surface area contributed by atoms with Gasteiger partial charge in [-0.1, -0.05) is 0 Å². The lowest BCUT2D eigenvalue weighted by atomic mass is 10.2. The number of hydrogen-bond acceptors (Lipinski definition) is 11. The molecule has 0 aromatic rings. The minimum Gasteiger partial charge on any atom is -0.480 e. The molecule has 0 amide bonds. The Morgan fingerprint density at radius 3 is 0.946 bits per heavy atom. The Kier molecular flexibility index (Phi) is 20.3. The van der Waals surface area contributed by atoms with E-state index >= 15 is 0 Å². The van der Waals surface area contributed by atoms with Crippen LogP contribution in [-0.4, -0.2) is 169 Å². The Labute approximate surface area is 217 Å². The van der Waals surface area contributed by atoms with Gasteiger partial charge in [-0.3, -0.25) is 38.8 Å². The number of nitrogens with zero attached hydrogens (tertiary/aromatic N) is 4. The molecule has 9 N–H and O–H groups in total. The average Bonchev–Trinajstić information content (AvgIpc) is 2.79. The molecule has 1 fully saturated rings. The fraction of sp³-hybridized carbons (Fsp3) is 0.818. The summed E-state index contributed by atoms with van der Waals surface area (Å²) in [5.74, 6) is -3.92. The van der Waals surface area contributed by atoms with E-state index in [0.29, 0.717) is 78.3 Å². The van der Waals surface area contributed by atoms with E-state index in [4.69, 9.17) is 31.9 Å². The quantitative estimate of drug-likeness (QED) is 0.122. The van der Waals surface area contributed by atoms with Crippen molar-refractivity contribution in [2.24, 2.45) is 11.5 Å². The van der Waals surface area contributed by atoms with Crippen molar-refractivity contribution >= 4 is 23.9 Å². The largest absolute Gasteiger partial charge is 0.480 e. The molecule has 0 aliphatic carbocycles. The van der Waals surface area contributed by atoms with Gasteiger partial charge in [0.25, 0.3) is 0 Å². The summed E-state index contributed by atoms with van der Waals surface area (Å²) in [6.45, 7) is 5.66. The molecule has 0 saturated carbocycles. The predicted molar refractivity (Wildman–Crippen MR) is 137 cm³/mol. The number of carboxylic acid groups (broad SMARTS) is 4. The summed E-state index contributed by atoms with van der Waals surface area (Å²) >= 11 is 0. The third-order valence-electron chi connectivity index (χ3n) is 5.44. The maximum absolute atomic E-state index is 11.1. The van der Waals surface area contributed by atoms with Crippen molar-refractivity contribution in [3.05, 3.63) is 0 Å². The molecule has 0 unspecified atom stereocenters. The van der Waals surface area contributed by atoms with Gasteiger partial charge in [0.05, 0.1) is 26.2 Å². The molecule has 1 saturated heterocycles. The molecule has 0 aromatic carbocycles. The molecule has 1 rings (SSSR count). The Morgan fingerprint density at radius 1 is 0.514 bits per heavy atom. The van der Waals surface area contributed by atoms with Crippen LogP contribution in [0.15, 0.2) is 0 Å². The maximum atomic E-state index is 11.1. The minimum atomic E-state index is -0.979. The summed E-state index contributed by atoms with van der Waals surface area (Å²) in [5.41, 5.74) is 10.3. The topological polar surface area (TPSA) is 226 Å². The van der Waals surface area contributed by atoms with Crippen LogP contribution in [0.5, 0.6) is 0 Å². The van der Waals surface area contributed by atoms with Crippen molar-refractivity contribution in [1.82, 2.24) is 24.9 Å². The zero-order valence-electron chi connectivity index (χ0n) is 21.6. The molecular formula is C22H45N7O8. The maximum Gasteiger partial charge on any atom is 0.317 e. The molecule has 1 aliphatic rings. The van der Waals surface area contributed by atoms with Crippen molar-refractivity contribution < 1.29 is 39.6 Å². The van der Waals surface area contributed by atoms with E-state index in [-0.39, 0.29) is 26.2 Å². The number of carbonyl (C=O) groups is 4. The van der Waals surface area contributed by atoms with Crippen LogP contribution in [0.1, 0.15) is 12.8 Å². The van der Waals surface area contributed by atoms with E-state index in [9.17, 15) is 19.2 Å². The van der Waals surface area contributed by atoms with Gasteiger partial charge in [0.15, 0.2) is 0 Å².